The van der Waals surface area contributed by atoms with Gasteiger partial charge in [0.2, 0.25) is 0 Å². The maximum Gasteiger partial charge on any atom is 0.0791 e. The van der Waals surface area contributed by atoms with Crippen LogP contribution in [0.15, 0.2) is 91.0 Å². The standard InChI is InChI=1S/C23H25NO/c1-23(20-13-7-3-8-14-20,24-21-15-9-4-10-16-21)18-17-22(25)19-11-5-2-6-12-19/h2-16,22,24-25H,17-18H2,1H3. The highest BCUT2D eigenvalue weighted by Gasteiger charge is 2.27. The summed E-state index contributed by atoms with van der Waals surface area (Å²) in [5.41, 5.74) is 3.03. The molecule has 2 atom stereocenters. The van der Waals surface area contributed by atoms with Crippen molar-refractivity contribution in [2.75, 3.05) is 5.32 Å². The number of benzene rings is 3. The van der Waals surface area contributed by atoms with Gasteiger partial charge in [-0.2, -0.15) is 0 Å². The molecule has 0 bridgehead atoms. The van der Waals surface area contributed by atoms with E-state index in [9.17, 15) is 5.11 Å². The van der Waals surface area contributed by atoms with Gasteiger partial charge in [-0.15, -0.1) is 0 Å². The van der Waals surface area contributed by atoms with Crippen molar-refractivity contribution >= 4 is 5.69 Å². The molecule has 0 saturated heterocycles. The molecule has 2 N–H and O–H groups in total. The molecule has 3 rings (SSSR count). The molecule has 0 aliphatic heterocycles. The molecule has 3 aromatic rings. The van der Waals surface area contributed by atoms with Crippen LogP contribution in [0.2, 0.25) is 0 Å². The third-order valence-electron chi connectivity index (χ3n) is 4.71. The van der Waals surface area contributed by atoms with Crippen LogP contribution in [-0.4, -0.2) is 5.11 Å². The molecular formula is C23H25NO. The van der Waals surface area contributed by atoms with Crippen LogP contribution in [0.25, 0.3) is 0 Å². The van der Waals surface area contributed by atoms with Crippen molar-refractivity contribution in [2.24, 2.45) is 0 Å². The van der Waals surface area contributed by atoms with Crippen molar-refractivity contribution in [3.63, 3.8) is 0 Å². The molecule has 0 aliphatic carbocycles. The lowest BCUT2D eigenvalue weighted by Gasteiger charge is -2.33. The molecule has 2 heteroatoms. The SMILES string of the molecule is CC(CCC(O)c1ccccc1)(Nc1ccccc1)c1ccccc1. The normalized spacial score (nSPS) is 14.5. The lowest BCUT2D eigenvalue weighted by molar-refractivity contribution is 0.156. The Kier molecular flexibility index (Phi) is 5.52. The molecule has 128 valence electrons. The number of para-hydroxylation sites is 1. The van der Waals surface area contributed by atoms with Gasteiger partial charge in [0, 0.05) is 5.69 Å². The Morgan fingerprint density at radius 2 is 1.32 bits per heavy atom. The van der Waals surface area contributed by atoms with Crippen LogP contribution < -0.4 is 5.32 Å². The Morgan fingerprint density at radius 1 is 0.800 bits per heavy atom. The molecule has 0 spiro atoms. The van der Waals surface area contributed by atoms with Gasteiger partial charge in [-0.3, -0.25) is 0 Å². The second-order valence-electron chi connectivity index (χ2n) is 6.65. The van der Waals surface area contributed by atoms with E-state index in [-0.39, 0.29) is 5.54 Å². The lowest BCUT2D eigenvalue weighted by Crippen LogP contribution is -2.32. The van der Waals surface area contributed by atoms with Gasteiger partial charge in [0.15, 0.2) is 0 Å². The minimum Gasteiger partial charge on any atom is -0.388 e. The quantitative estimate of drug-likeness (QED) is 0.597. The van der Waals surface area contributed by atoms with Crippen LogP contribution in [0.1, 0.15) is 37.0 Å². The Labute approximate surface area is 150 Å². The van der Waals surface area contributed by atoms with E-state index in [1.54, 1.807) is 0 Å². The molecule has 0 amide bonds. The summed E-state index contributed by atoms with van der Waals surface area (Å²) >= 11 is 0. The molecule has 0 aliphatic rings. The van der Waals surface area contributed by atoms with Gasteiger partial charge in [0.25, 0.3) is 0 Å². The molecule has 2 nitrogen and oxygen atoms in total. The van der Waals surface area contributed by atoms with Crippen molar-refractivity contribution in [3.05, 3.63) is 102 Å². The van der Waals surface area contributed by atoms with Crippen molar-refractivity contribution < 1.29 is 5.11 Å². The van der Waals surface area contributed by atoms with E-state index in [2.05, 4.69) is 48.6 Å². The first-order chi connectivity index (χ1) is 12.2. The summed E-state index contributed by atoms with van der Waals surface area (Å²) in [7, 11) is 0. The first kappa shape index (κ1) is 17.2. The van der Waals surface area contributed by atoms with E-state index >= 15 is 0 Å². The predicted molar refractivity (Wildman–Crippen MR) is 104 cm³/mol. The summed E-state index contributed by atoms with van der Waals surface area (Å²) in [6, 6.07) is 30.6. The number of anilines is 1. The summed E-state index contributed by atoms with van der Waals surface area (Å²) in [6.45, 7) is 2.20. The molecule has 25 heavy (non-hydrogen) atoms. The predicted octanol–water partition coefficient (Wildman–Crippen LogP) is 5.53. The van der Waals surface area contributed by atoms with Gasteiger partial charge in [-0.25, -0.2) is 0 Å². The Hall–Kier alpha value is -2.58. The van der Waals surface area contributed by atoms with Crippen molar-refractivity contribution in [2.45, 2.75) is 31.4 Å². The third-order valence-corrected chi connectivity index (χ3v) is 4.71. The molecule has 0 heterocycles. The Bertz CT molecular complexity index is 758. The summed E-state index contributed by atoms with van der Waals surface area (Å²) in [6.07, 6.45) is 1.05. The maximum atomic E-state index is 10.6. The average molecular weight is 331 g/mol. The van der Waals surface area contributed by atoms with Crippen LogP contribution in [0.5, 0.6) is 0 Å². The number of aliphatic hydroxyl groups excluding tert-OH is 1. The van der Waals surface area contributed by atoms with Crippen LogP contribution in [0.4, 0.5) is 5.69 Å². The molecule has 0 radical (unpaired) electrons. The number of hydrogen-bond donors (Lipinski definition) is 2. The zero-order chi connectivity index (χ0) is 17.5. The van der Waals surface area contributed by atoms with E-state index in [1.165, 1.54) is 5.56 Å². The average Bonchev–Trinajstić information content (AvgIpc) is 2.68. The van der Waals surface area contributed by atoms with Gasteiger partial charge in [-0.1, -0.05) is 78.9 Å². The molecule has 2 unspecified atom stereocenters. The zero-order valence-electron chi connectivity index (χ0n) is 14.6. The minimum absolute atomic E-state index is 0.252. The summed E-state index contributed by atoms with van der Waals surface area (Å²) in [5, 5.41) is 14.2. The van der Waals surface area contributed by atoms with E-state index in [1.807, 2.05) is 54.6 Å². The van der Waals surface area contributed by atoms with Crippen LogP contribution >= 0.6 is 0 Å². The molecule has 0 fully saturated rings. The molecular weight excluding hydrogens is 306 g/mol. The second-order valence-corrected chi connectivity index (χ2v) is 6.65. The van der Waals surface area contributed by atoms with E-state index < -0.39 is 6.10 Å². The topological polar surface area (TPSA) is 32.3 Å². The summed E-state index contributed by atoms with van der Waals surface area (Å²) in [5.74, 6) is 0. The highest BCUT2D eigenvalue weighted by atomic mass is 16.3. The Morgan fingerprint density at radius 3 is 1.92 bits per heavy atom. The fourth-order valence-electron chi connectivity index (χ4n) is 3.19. The minimum atomic E-state index is -0.457. The van der Waals surface area contributed by atoms with Crippen molar-refractivity contribution in [3.8, 4) is 0 Å². The highest BCUT2D eigenvalue weighted by molar-refractivity contribution is 5.47. The number of nitrogens with one attached hydrogen (secondary N) is 1. The van der Waals surface area contributed by atoms with E-state index in [4.69, 9.17) is 0 Å². The highest BCUT2D eigenvalue weighted by Crippen LogP contribution is 2.33. The van der Waals surface area contributed by atoms with Gasteiger partial charge in [0.05, 0.1) is 11.6 Å². The first-order valence-corrected chi connectivity index (χ1v) is 8.79. The lowest BCUT2D eigenvalue weighted by atomic mass is 9.85. The van der Waals surface area contributed by atoms with Gasteiger partial charge in [0.1, 0.15) is 0 Å². The fraction of sp³-hybridized carbons (Fsp3) is 0.217. The molecule has 0 aromatic heterocycles. The fourth-order valence-corrected chi connectivity index (χ4v) is 3.19. The third kappa shape index (κ3) is 4.49. The van der Waals surface area contributed by atoms with Crippen LogP contribution in [0.3, 0.4) is 0 Å². The van der Waals surface area contributed by atoms with Gasteiger partial charge in [-0.05, 0) is 43.0 Å². The largest absolute Gasteiger partial charge is 0.388 e. The molecule has 0 saturated carbocycles. The number of rotatable bonds is 7. The van der Waals surface area contributed by atoms with Crippen LogP contribution in [-0.2, 0) is 5.54 Å². The van der Waals surface area contributed by atoms with Gasteiger partial charge < -0.3 is 10.4 Å². The number of hydrogen-bond acceptors (Lipinski definition) is 2. The van der Waals surface area contributed by atoms with Gasteiger partial charge >= 0.3 is 0 Å². The van der Waals surface area contributed by atoms with Crippen molar-refractivity contribution in [1.29, 1.82) is 0 Å². The molecule has 3 aromatic carbocycles. The summed E-state index contributed by atoms with van der Waals surface area (Å²) < 4.78 is 0. The Balaban J connectivity index is 1.79. The maximum absolute atomic E-state index is 10.6. The van der Waals surface area contributed by atoms with E-state index in [0.717, 1.165) is 17.7 Å². The smallest absolute Gasteiger partial charge is 0.0791 e. The monoisotopic (exact) mass is 331 g/mol. The first-order valence-electron chi connectivity index (χ1n) is 8.79. The summed E-state index contributed by atoms with van der Waals surface area (Å²) in [4.78, 5) is 0. The van der Waals surface area contributed by atoms with Crippen molar-refractivity contribution in [1.82, 2.24) is 0 Å². The van der Waals surface area contributed by atoms with E-state index in [0.29, 0.717) is 6.42 Å². The number of aliphatic hydroxyl groups is 1. The second kappa shape index (κ2) is 8.00. The zero-order valence-corrected chi connectivity index (χ0v) is 14.6. The van der Waals surface area contributed by atoms with Crippen LogP contribution in [0, 0.1) is 0 Å².